The highest BCUT2D eigenvalue weighted by Crippen LogP contribution is 2.44. The van der Waals surface area contributed by atoms with Crippen molar-refractivity contribution in [2.24, 2.45) is 0 Å². The zero-order chi connectivity index (χ0) is 20.0. The highest BCUT2D eigenvalue weighted by molar-refractivity contribution is 5.86. The minimum Gasteiger partial charge on any atom is -0.507 e. The topological polar surface area (TPSA) is 60.7 Å². The first-order chi connectivity index (χ1) is 12.6. The summed E-state index contributed by atoms with van der Waals surface area (Å²) in [4.78, 5) is 0. The van der Waals surface area contributed by atoms with Gasteiger partial charge in [-0.15, -0.1) is 0 Å². The van der Waals surface area contributed by atoms with Gasteiger partial charge in [0, 0.05) is 11.1 Å². The summed E-state index contributed by atoms with van der Waals surface area (Å²) >= 11 is 0. The monoisotopic (exact) mass is 362 g/mol. The fraction of sp³-hybridized carbons (Fsp3) is 0.250. The molecule has 0 spiro atoms. The molecule has 3 rings (SSSR count). The lowest BCUT2D eigenvalue weighted by Crippen LogP contribution is -1.95. The van der Waals surface area contributed by atoms with Gasteiger partial charge < -0.3 is 15.3 Å². The Balaban J connectivity index is 2.29. The lowest BCUT2D eigenvalue weighted by molar-refractivity contribution is 0.466. The standard InChI is InChI=1S/C24H26O3/c1-12-10-20(14(3)16(5)22(12)25)18-8-7-9-19(24(18)27)21-11-13(2)23(26)17(6)15(21)4/h7-11,25-27H,1-6H3. The van der Waals surface area contributed by atoms with Crippen LogP contribution in [0, 0.1) is 41.5 Å². The van der Waals surface area contributed by atoms with Crippen molar-refractivity contribution in [3.8, 4) is 39.5 Å². The molecule has 3 N–H and O–H groups in total. The maximum absolute atomic E-state index is 11.1. The molecule has 3 nitrogen and oxygen atoms in total. The van der Waals surface area contributed by atoms with Gasteiger partial charge in [0.1, 0.15) is 17.2 Å². The van der Waals surface area contributed by atoms with E-state index >= 15 is 0 Å². The number of hydrogen-bond donors (Lipinski definition) is 3. The SMILES string of the molecule is Cc1cc(-c2cccc(-c3cc(C)c(O)c(C)c3C)c2O)c(C)c(C)c1O. The van der Waals surface area contributed by atoms with Crippen molar-refractivity contribution in [2.75, 3.05) is 0 Å². The van der Waals surface area contributed by atoms with E-state index in [2.05, 4.69) is 0 Å². The van der Waals surface area contributed by atoms with Crippen LogP contribution < -0.4 is 0 Å². The van der Waals surface area contributed by atoms with Crippen molar-refractivity contribution in [3.63, 3.8) is 0 Å². The van der Waals surface area contributed by atoms with Gasteiger partial charge in [-0.1, -0.05) is 18.2 Å². The van der Waals surface area contributed by atoms with E-state index in [0.29, 0.717) is 11.5 Å². The van der Waals surface area contributed by atoms with Crippen molar-refractivity contribution in [2.45, 2.75) is 41.5 Å². The van der Waals surface area contributed by atoms with Gasteiger partial charge in [0.2, 0.25) is 0 Å². The molecule has 3 aromatic carbocycles. The van der Waals surface area contributed by atoms with Gasteiger partial charge in [-0.2, -0.15) is 0 Å². The average Bonchev–Trinajstić information content (AvgIpc) is 2.65. The number of aryl methyl sites for hydroxylation is 2. The van der Waals surface area contributed by atoms with E-state index < -0.39 is 0 Å². The molecule has 0 aliphatic rings. The molecule has 0 radical (unpaired) electrons. The molecule has 0 saturated heterocycles. The zero-order valence-corrected chi connectivity index (χ0v) is 16.7. The van der Waals surface area contributed by atoms with Crippen LogP contribution in [0.2, 0.25) is 0 Å². The fourth-order valence-corrected chi connectivity index (χ4v) is 3.67. The van der Waals surface area contributed by atoms with Crippen molar-refractivity contribution in [1.29, 1.82) is 0 Å². The number of aromatic hydroxyl groups is 3. The van der Waals surface area contributed by atoms with E-state index in [1.165, 1.54) is 0 Å². The molecule has 3 heteroatoms. The van der Waals surface area contributed by atoms with Crippen LogP contribution in [-0.2, 0) is 0 Å². The molecule has 0 unspecified atom stereocenters. The summed E-state index contributed by atoms with van der Waals surface area (Å²) < 4.78 is 0. The molecule has 0 aliphatic carbocycles. The maximum atomic E-state index is 11.1. The third-order valence-electron chi connectivity index (χ3n) is 5.73. The third-order valence-corrected chi connectivity index (χ3v) is 5.73. The van der Waals surface area contributed by atoms with Crippen LogP contribution in [0.4, 0.5) is 0 Å². The summed E-state index contributed by atoms with van der Waals surface area (Å²) in [6.07, 6.45) is 0. The molecule has 0 aliphatic heterocycles. The van der Waals surface area contributed by atoms with E-state index in [4.69, 9.17) is 0 Å². The maximum Gasteiger partial charge on any atom is 0.131 e. The van der Waals surface area contributed by atoms with Gasteiger partial charge in [0.25, 0.3) is 0 Å². The number of phenolic OH excluding ortho intramolecular Hbond substituents is 3. The van der Waals surface area contributed by atoms with Crippen molar-refractivity contribution in [3.05, 3.63) is 63.7 Å². The Morgan fingerprint density at radius 2 is 0.852 bits per heavy atom. The van der Waals surface area contributed by atoms with Gasteiger partial charge in [-0.3, -0.25) is 0 Å². The highest BCUT2D eigenvalue weighted by Gasteiger charge is 2.18. The van der Waals surface area contributed by atoms with Crippen LogP contribution in [0.5, 0.6) is 17.2 Å². The van der Waals surface area contributed by atoms with Crippen LogP contribution in [0.1, 0.15) is 33.4 Å². The van der Waals surface area contributed by atoms with Crippen molar-refractivity contribution >= 4 is 0 Å². The Morgan fingerprint density at radius 3 is 1.22 bits per heavy atom. The molecule has 140 valence electrons. The first-order valence-corrected chi connectivity index (χ1v) is 9.07. The second-order valence-electron chi connectivity index (χ2n) is 7.38. The largest absolute Gasteiger partial charge is 0.507 e. The number of rotatable bonds is 2. The Bertz CT molecular complexity index is 980. The molecule has 0 atom stereocenters. The van der Waals surface area contributed by atoms with Gasteiger partial charge in [0.15, 0.2) is 0 Å². The Kier molecular flexibility index (Phi) is 4.64. The van der Waals surface area contributed by atoms with Crippen molar-refractivity contribution < 1.29 is 15.3 Å². The number of benzene rings is 3. The summed E-state index contributed by atoms with van der Waals surface area (Å²) in [5, 5.41) is 31.5. The summed E-state index contributed by atoms with van der Waals surface area (Å²) in [7, 11) is 0. The van der Waals surface area contributed by atoms with Gasteiger partial charge in [0.05, 0.1) is 0 Å². The Morgan fingerprint density at radius 1 is 0.481 bits per heavy atom. The highest BCUT2D eigenvalue weighted by atomic mass is 16.3. The van der Waals surface area contributed by atoms with Gasteiger partial charge in [-0.25, -0.2) is 0 Å². The second-order valence-corrected chi connectivity index (χ2v) is 7.38. The van der Waals surface area contributed by atoms with Crippen LogP contribution in [0.25, 0.3) is 22.3 Å². The lowest BCUT2D eigenvalue weighted by atomic mass is 9.88. The van der Waals surface area contributed by atoms with Crippen LogP contribution in [0.15, 0.2) is 30.3 Å². The Hall–Kier alpha value is -2.94. The van der Waals surface area contributed by atoms with E-state index in [1.807, 2.05) is 71.9 Å². The minimum absolute atomic E-state index is 0.206. The summed E-state index contributed by atoms with van der Waals surface area (Å²) in [5.41, 5.74) is 8.39. The summed E-state index contributed by atoms with van der Waals surface area (Å²) in [6.45, 7) is 11.4. The minimum atomic E-state index is 0.206. The van der Waals surface area contributed by atoms with Crippen LogP contribution >= 0.6 is 0 Å². The zero-order valence-electron chi connectivity index (χ0n) is 16.7. The van der Waals surface area contributed by atoms with E-state index in [0.717, 1.165) is 55.6 Å². The first kappa shape index (κ1) is 18.8. The predicted molar refractivity (Wildman–Crippen MR) is 111 cm³/mol. The molecule has 0 aromatic heterocycles. The first-order valence-electron chi connectivity index (χ1n) is 9.07. The smallest absolute Gasteiger partial charge is 0.131 e. The van der Waals surface area contributed by atoms with Gasteiger partial charge >= 0.3 is 0 Å². The van der Waals surface area contributed by atoms with Gasteiger partial charge in [-0.05, 0) is 98.2 Å². The summed E-state index contributed by atoms with van der Waals surface area (Å²) in [6, 6.07) is 9.55. The fourth-order valence-electron chi connectivity index (χ4n) is 3.67. The number of phenols is 3. The quantitative estimate of drug-likeness (QED) is 0.525. The van der Waals surface area contributed by atoms with Crippen molar-refractivity contribution in [1.82, 2.24) is 0 Å². The molecule has 0 heterocycles. The molecule has 3 aromatic rings. The molecule has 0 amide bonds. The van der Waals surface area contributed by atoms with E-state index in [-0.39, 0.29) is 5.75 Å². The summed E-state index contributed by atoms with van der Waals surface area (Å²) in [5.74, 6) is 0.803. The Labute approximate surface area is 160 Å². The van der Waals surface area contributed by atoms with E-state index in [1.54, 1.807) is 0 Å². The van der Waals surface area contributed by atoms with Crippen LogP contribution in [-0.4, -0.2) is 15.3 Å². The number of hydrogen-bond acceptors (Lipinski definition) is 3. The predicted octanol–water partition coefficient (Wildman–Crippen LogP) is 5.99. The molecular formula is C24H26O3. The normalized spacial score (nSPS) is 11.0. The third kappa shape index (κ3) is 2.93. The second kappa shape index (κ2) is 6.66. The molecular weight excluding hydrogens is 336 g/mol. The lowest BCUT2D eigenvalue weighted by Gasteiger charge is -2.18. The molecule has 27 heavy (non-hydrogen) atoms. The molecule has 0 bridgehead atoms. The average molecular weight is 362 g/mol. The molecule has 0 saturated carbocycles. The van der Waals surface area contributed by atoms with Crippen LogP contribution in [0.3, 0.4) is 0 Å². The number of para-hydroxylation sites is 1. The molecule has 0 fully saturated rings. The van der Waals surface area contributed by atoms with E-state index in [9.17, 15) is 15.3 Å².